The third kappa shape index (κ3) is 8.92. The van der Waals surface area contributed by atoms with E-state index >= 15 is 8.78 Å². The minimum absolute atomic E-state index is 0.138. The molecule has 2 unspecified atom stereocenters. The van der Waals surface area contributed by atoms with E-state index in [4.69, 9.17) is 25.1 Å². The number of nitrogens with zero attached hydrogens (tertiary/aromatic N) is 2. The molecule has 3 fully saturated rings. The van der Waals surface area contributed by atoms with Crippen molar-refractivity contribution in [3.8, 4) is 17.2 Å². The largest absolute Gasteiger partial charge is 0.490 e. The molecule has 10 nitrogen and oxygen atoms in total. The highest BCUT2D eigenvalue weighted by atomic mass is 32.2. The molecule has 300 valence electrons. The Kier molecular flexibility index (Phi) is 11.9. The fourth-order valence-corrected chi connectivity index (χ4v) is 9.07. The summed E-state index contributed by atoms with van der Waals surface area (Å²) in [6.45, 7) is 0. The van der Waals surface area contributed by atoms with Crippen molar-refractivity contribution in [2.45, 2.75) is 98.6 Å². The van der Waals surface area contributed by atoms with E-state index in [1.807, 2.05) is 12.1 Å². The fraction of sp³-hybridized carbons (Fsp3) is 0.400. The van der Waals surface area contributed by atoms with Gasteiger partial charge in [0.2, 0.25) is 15.9 Å². The zero-order chi connectivity index (χ0) is 40.4. The summed E-state index contributed by atoms with van der Waals surface area (Å²) in [5.41, 5.74) is 5.73. The monoisotopic (exact) mass is 803 g/mol. The Morgan fingerprint density at radius 2 is 1.34 bits per heavy atom. The number of likely N-dealkylation sites (N-methyl/N-ethyl adjacent to an activating group) is 1. The van der Waals surface area contributed by atoms with E-state index in [9.17, 15) is 26.4 Å². The van der Waals surface area contributed by atoms with Crippen LogP contribution < -0.4 is 15.2 Å². The van der Waals surface area contributed by atoms with Gasteiger partial charge in [0.05, 0.1) is 11.0 Å². The third-order valence-corrected chi connectivity index (χ3v) is 12.3. The first-order valence-corrected chi connectivity index (χ1v) is 19.7. The van der Waals surface area contributed by atoms with Gasteiger partial charge in [0.25, 0.3) is 5.92 Å². The van der Waals surface area contributed by atoms with Gasteiger partial charge < -0.3 is 25.2 Å². The molecule has 2 saturated heterocycles. The number of fused-ring (bicyclic) bond motifs is 3. The van der Waals surface area contributed by atoms with Crippen LogP contribution in [0.4, 0.5) is 22.0 Å². The molecule has 4 aromatic carbocycles. The summed E-state index contributed by atoms with van der Waals surface area (Å²) in [5, 5.41) is 8.49. The molecule has 7 rings (SSSR count). The Balaban J connectivity index is 0.000000695. The average molecular weight is 804 g/mol. The van der Waals surface area contributed by atoms with Crippen molar-refractivity contribution >= 4 is 32.7 Å². The SMILES string of the molecule is CN([C@@H](C(=O)N1C2CCC1CC(N)C2)C(F)(F)c1ccc(Oc2ccccc2)cc1)S(=O)(=O)c1ccc2cc(OC3CCCC3)ccc2c1.O=C(O)C(F)(F)F. The number of para-hydroxylation sites is 1. The first-order chi connectivity index (χ1) is 26.4. The van der Waals surface area contributed by atoms with Crippen LogP contribution in [-0.4, -0.2) is 78.1 Å². The van der Waals surface area contributed by atoms with Crippen molar-refractivity contribution in [3.05, 3.63) is 96.6 Å². The van der Waals surface area contributed by atoms with E-state index in [1.54, 1.807) is 42.5 Å². The van der Waals surface area contributed by atoms with Crippen LogP contribution in [0.5, 0.6) is 17.2 Å². The van der Waals surface area contributed by atoms with Crippen molar-refractivity contribution in [1.29, 1.82) is 0 Å². The molecule has 16 heteroatoms. The summed E-state index contributed by atoms with van der Waals surface area (Å²) in [7, 11) is -3.51. The second kappa shape index (κ2) is 16.4. The van der Waals surface area contributed by atoms with Crippen molar-refractivity contribution in [1.82, 2.24) is 9.21 Å². The summed E-state index contributed by atoms with van der Waals surface area (Å²) in [4.78, 5) is 24.6. The quantitative estimate of drug-likeness (QED) is 0.155. The number of carboxylic acids is 1. The number of amides is 1. The molecule has 2 heterocycles. The minimum Gasteiger partial charge on any atom is -0.490 e. The lowest BCUT2D eigenvalue weighted by Crippen LogP contribution is -2.61. The van der Waals surface area contributed by atoms with Gasteiger partial charge in [-0.05, 0) is 123 Å². The van der Waals surface area contributed by atoms with Crippen LogP contribution in [0.3, 0.4) is 0 Å². The molecular formula is C40H42F5N3O7S. The van der Waals surface area contributed by atoms with Crippen LogP contribution in [0.2, 0.25) is 0 Å². The standard InChI is InChI=1S/C38H41F2N3O5S.C2HF3O2/c1-42(49(45,46)35-20-12-25-21-34(17-11-26(25)22-35)48-32-9-5-6-10-32)36(37(44)43-29-15-16-30(43)24-28(41)23-29)38(39,40)27-13-18-33(19-14-27)47-31-7-3-2-4-8-31;3-2(4,5)1(6)7/h2-4,7-8,11-14,17-22,28-30,32,36H,5-6,9-10,15-16,23-24,41H2,1H3;(H,6,7)/t28?,29?,30?,36-;/m0./s1. The molecule has 4 aromatic rings. The van der Waals surface area contributed by atoms with E-state index in [1.165, 1.54) is 41.3 Å². The van der Waals surface area contributed by atoms with Crippen molar-refractivity contribution in [2.24, 2.45) is 5.73 Å². The third-order valence-electron chi connectivity index (χ3n) is 10.5. The number of nitrogens with two attached hydrogens (primary N) is 1. The van der Waals surface area contributed by atoms with E-state index in [-0.39, 0.29) is 29.1 Å². The maximum atomic E-state index is 16.9. The van der Waals surface area contributed by atoms with Crippen LogP contribution in [0, 0.1) is 0 Å². The maximum absolute atomic E-state index is 16.9. The number of rotatable bonds is 10. The number of hydrogen-bond acceptors (Lipinski definition) is 7. The molecule has 3 N–H and O–H groups in total. The van der Waals surface area contributed by atoms with E-state index in [0.717, 1.165) is 38.1 Å². The highest BCUT2D eigenvalue weighted by Crippen LogP contribution is 2.43. The number of carboxylic acid groups (broad SMARTS) is 1. The molecule has 1 amide bonds. The normalized spacial score (nSPS) is 20.7. The molecule has 3 aliphatic rings. The predicted molar refractivity (Wildman–Crippen MR) is 197 cm³/mol. The molecule has 1 aliphatic carbocycles. The van der Waals surface area contributed by atoms with Gasteiger partial charge in [0, 0.05) is 30.7 Å². The summed E-state index contributed by atoms with van der Waals surface area (Å²) in [6.07, 6.45) is 1.61. The van der Waals surface area contributed by atoms with E-state index in [2.05, 4.69) is 0 Å². The second-order valence-electron chi connectivity index (χ2n) is 14.3. The summed E-state index contributed by atoms with van der Waals surface area (Å²) in [6, 6.07) is 20.9. The van der Waals surface area contributed by atoms with Gasteiger partial charge in [-0.3, -0.25) is 4.79 Å². The molecule has 0 aromatic heterocycles. The molecule has 1 saturated carbocycles. The lowest BCUT2D eigenvalue weighted by molar-refractivity contribution is -0.192. The Morgan fingerprint density at radius 1 is 0.804 bits per heavy atom. The molecular weight excluding hydrogens is 762 g/mol. The smallest absolute Gasteiger partial charge is 0.490 e. The zero-order valence-corrected chi connectivity index (χ0v) is 31.2. The molecule has 56 heavy (non-hydrogen) atoms. The molecule has 2 aliphatic heterocycles. The highest BCUT2D eigenvalue weighted by molar-refractivity contribution is 7.89. The van der Waals surface area contributed by atoms with Gasteiger partial charge in [0.15, 0.2) is 6.04 Å². The number of alkyl halides is 5. The fourth-order valence-electron chi connectivity index (χ4n) is 7.73. The van der Waals surface area contributed by atoms with Gasteiger partial charge in [-0.25, -0.2) is 13.2 Å². The van der Waals surface area contributed by atoms with E-state index < -0.39 is 45.6 Å². The van der Waals surface area contributed by atoms with Crippen molar-refractivity contribution < 1.29 is 54.5 Å². The van der Waals surface area contributed by atoms with Crippen LogP contribution in [0.1, 0.15) is 56.9 Å². The molecule has 0 radical (unpaired) electrons. The first kappa shape index (κ1) is 40.9. The van der Waals surface area contributed by atoms with Gasteiger partial charge in [0.1, 0.15) is 17.2 Å². The van der Waals surface area contributed by atoms with Gasteiger partial charge in [-0.1, -0.05) is 30.3 Å². The van der Waals surface area contributed by atoms with Gasteiger partial charge >= 0.3 is 12.1 Å². The molecule has 2 bridgehead atoms. The Morgan fingerprint density at radius 3 is 1.93 bits per heavy atom. The lowest BCUT2D eigenvalue weighted by Gasteiger charge is -2.42. The summed E-state index contributed by atoms with van der Waals surface area (Å²) < 4.78 is 106. The van der Waals surface area contributed by atoms with Crippen molar-refractivity contribution in [2.75, 3.05) is 7.05 Å². The number of carbonyl (C=O) groups excluding carboxylic acids is 1. The summed E-state index contributed by atoms with van der Waals surface area (Å²) in [5.74, 6) is -6.01. The number of benzene rings is 4. The van der Waals surface area contributed by atoms with Gasteiger partial charge in [-0.15, -0.1) is 0 Å². The van der Waals surface area contributed by atoms with Crippen LogP contribution in [-0.2, 0) is 25.5 Å². The summed E-state index contributed by atoms with van der Waals surface area (Å²) >= 11 is 0. The number of ether oxygens (including phenoxy) is 2. The second-order valence-corrected chi connectivity index (χ2v) is 16.3. The van der Waals surface area contributed by atoms with Crippen LogP contribution in [0.25, 0.3) is 10.8 Å². The van der Waals surface area contributed by atoms with E-state index in [0.29, 0.717) is 52.6 Å². The van der Waals surface area contributed by atoms with Crippen LogP contribution in [0.15, 0.2) is 95.9 Å². The number of sulfonamides is 1. The minimum atomic E-state index is -5.08. The topological polar surface area (TPSA) is 139 Å². The Hall–Kier alpha value is -4.80. The zero-order valence-electron chi connectivity index (χ0n) is 30.4. The number of carbonyl (C=O) groups is 2. The number of hydrogen-bond donors (Lipinski definition) is 2. The average Bonchev–Trinajstić information content (AvgIpc) is 3.77. The van der Waals surface area contributed by atoms with Crippen LogP contribution >= 0.6 is 0 Å². The van der Waals surface area contributed by atoms with Gasteiger partial charge in [-0.2, -0.15) is 26.3 Å². The number of aliphatic carboxylic acids is 1. The number of piperidine rings is 1. The maximum Gasteiger partial charge on any atom is 0.490 e. The highest BCUT2D eigenvalue weighted by Gasteiger charge is 2.56. The molecule has 3 atom stereocenters. The lowest BCUT2D eigenvalue weighted by atomic mass is 9.94. The van der Waals surface area contributed by atoms with Crippen molar-refractivity contribution in [3.63, 3.8) is 0 Å². The number of halogens is 5. The first-order valence-electron chi connectivity index (χ1n) is 18.2. The Labute approximate surface area is 321 Å². The predicted octanol–water partition coefficient (Wildman–Crippen LogP) is 7.85. The molecule has 0 spiro atoms. The Bertz CT molecular complexity index is 2120.